The molecular weight excluding hydrogens is 288 g/mol. The maximum absolute atomic E-state index is 12.1. The minimum Gasteiger partial charge on any atom is -0.314 e. The van der Waals surface area contributed by atoms with Crippen molar-refractivity contribution < 1.29 is 8.42 Å². The molecule has 0 aliphatic rings. The van der Waals surface area contributed by atoms with Crippen LogP contribution in [0.4, 0.5) is 0 Å². The van der Waals surface area contributed by atoms with Gasteiger partial charge in [-0.05, 0) is 19.4 Å². The number of nitrogens with zero attached hydrogens (tertiary/aromatic N) is 2. The summed E-state index contributed by atoms with van der Waals surface area (Å²) in [6.45, 7) is 8.39. The predicted octanol–water partition coefficient (Wildman–Crippen LogP) is 1.74. The number of rotatable bonds is 11. The molecule has 0 aromatic carbocycles. The van der Waals surface area contributed by atoms with Gasteiger partial charge in [-0.3, -0.25) is 4.68 Å². The van der Waals surface area contributed by atoms with E-state index in [2.05, 4.69) is 35.9 Å². The molecule has 0 aliphatic heterocycles. The largest absolute Gasteiger partial charge is 0.314 e. The van der Waals surface area contributed by atoms with Crippen LogP contribution >= 0.6 is 0 Å². The quantitative estimate of drug-likeness (QED) is 0.610. The molecule has 0 amide bonds. The average molecular weight is 316 g/mol. The molecule has 21 heavy (non-hydrogen) atoms. The normalized spacial score (nSPS) is 12.2. The van der Waals surface area contributed by atoms with E-state index >= 15 is 0 Å². The molecule has 1 aromatic rings. The van der Waals surface area contributed by atoms with Gasteiger partial charge in [-0.1, -0.05) is 33.6 Å². The molecular formula is C14H28N4O2S. The van der Waals surface area contributed by atoms with Crippen molar-refractivity contribution >= 4 is 10.0 Å². The topological polar surface area (TPSA) is 76.0 Å². The van der Waals surface area contributed by atoms with E-state index in [1.165, 1.54) is 6.20 Å². The van der Waals surface area contributed by atoms with Crippen molar-refractivity contribution in [3.63, 3.8) is 0 Å². The first-order chi connectivity index (χ1) is 9.95. The Bertz CT molecular complexity index is 497. The molecule has 0 saturated carbocycles. The minimum absolute atomic E-state index is 0.246. The molecule has 6 nitrogen and oxygen atoms in total. The number of hydrogen-bond acceptors (Lipinski definition) is 4. The van der Waals surface area contributed by atoms with Crippen LogP contribution in [0.25, 0.3) is 0 Å². The smallest absolute Gasteiger partial charge is 0.243 e. The zero-order valence-corrected chi connectivity index (χ0v) is 14.1. The van der Waals surface area contributed by atoms with E-state index in [1.54, 1.807) is 10.9 Å². The lowest BCUT2D eigenvalue weighted by Gasteiger charge is -2.07. The van der Waals surface area contributed by atoms with Crippen LogP contribution in [0.3, 0.4) is 0 Å². The van der Waals surface area contributed by atoms with Crippen molar-refractivity contribution in [3.05, 3.63) is 12.4 Å². The van der Waals surface area contributed by atoms with Gasteiger partial charge in [-0.25, -0.2) is 13.1 Å². The average Bonchev–Trinajstić information content (AvgIpc) is 2.89. The fourth-order valence-electron chi connectivity index (χ4n) is 1.90. The van der Waals surface area contributed by atoms with Gasteiger partial charge in [0, 0.05) is 25.3 Å². The summed E-state index contributed by atoms with van der Waals surface area (Å²) in [6.07, 6.45) is 6.90. The van der Waals surface area contributed by atoms with Crippen LogP contribution in [0.1, 0.15) is 46.5 Å². The first-order valence-corrected chi connectivity index (χ1v) is 9.19. The number of aromatic nitrogens is 2. The van der Waals surface area contributed by atoms with Crippen LogP contribution in [0.2, 0.25) is 0 Å². The Hall–Kier alpha value is -0.920. The van der Waals surface area contributed by atoms with Gasteiger partial charge in [-0.2, -0.15) is 5.10 Å². The summed E-state index contributed by atoms with van der Waals surface area (Å²) >= 11 is 0. The van der Waals surface area contributed by atoms with E-state index < -0.39 is 10.0 Å². The lowest BCUT2D eigenvalue weighted by atomic mass is 10.3. The molecule has 0 atom stereocenters. The SMILES string of the molecule is CCCCCNS(=O)(=O)c1cnn(CCCNC(C)C)c1. The molecule has 2 N–H and O–H groups in total. The molecule has 0 radical (unpaired) electrons. The molecule has 1 aromatic heterocycles. The summed E-state index contributed by atoms with van der Waals surface area (Å²) < 4.78 is 28.4. The summed E-state index contributed by atoms with van der Waals surface area (Å²) in [7, 11) is -3.41. The highest BCUT2D eigenvalue weighted by molar-refractivity contribution is 7.89. The van der Waals surface area contributed by atoms with Crippen LogP contribution in [-0.4, -0.2) is 37.3 Å². The van der Waals surface area contributed by atoms with E-state index in [0.29, 0.717) is 19.1 Å². The minimum atomic E-state index is -3.41. The third-order valence-corrected chi connectivity index (χ3v) is 4.52. The van der Waals surface area contributed by atoms with Crippen molar-refractivity contribution in [1.29, 1.82) is 0 Å². The number of nitrogens with one attached hydrogen (secondary N) is 2. The molecule has 0 bridgehead atoms. The Labute approximate surface area is 128 Å². The van der Waals surface area contributed by atoms with Crippen LogP contribution in [0.15, 0.2) is 17.3 Å². The highest BCUT2D eigenvalue weighted by atomic mass is 32.2. The Kier molecular flexibility index (Phi) is 7.92. The summed E-state index contributed by atoms with van der Waals surface area (Å²) in [5.41, 5.74) is 0. The Morgan fingerprint density at radius 1 is 1.24 bits per heavy atom. The lowest BCUT2D eigenvalue weighted by molar-refractivity contribution is 0.513. The zero-order valence-electron chi connectivity index (χ0n) is 13.3. The van der Waals surface area contributed by atoms with Crippen LogP contribution in [0.5, 0.6) is 0 Å². The zero-order chi connectivity index (χ0) is 15.7. The number of unbranched alkanes of at least 4 members (excludes halogenated alkanes) is 2. The standard InChI is InChI=1S/C14H28N4O2S/c1-4-5-6-9-17-21(19,20)14-11-16-18(12-14)10-7-8-15-13(2)3/h11-13,15,17H,4-10H2,1-3H3. The molecule has 122 valence electrons. The van der Waals surface area contributed by atoms with Gasteiger partial charge < -0.3 is 5.32 Å². The van der Waals surface area contributed by atoms with E-state index in [-0.39, 0.29) is 4.90 Å². The van der Waals surface area contributed by atoms with Crippen LogP contribution in [-0.2, 0) is 16.6 Å². The second kappa shape index (κ2) is 9.17. The van der Waals surface area contributed by atoms with Crippen LogP contribution < -0.4 is 10.0 Å². The van der Waals surface area contributed by atoms with Crippen molar-refractivity contribution in [2.75, 3.05) is 13.1 Å². The fraction of sp³-hybridized carbons (Fsp3) is 0.786. The fourth-order valence-corrected chi connectivity index (χ4v) is 2.93. The molecule has 1 heterocycles. The Morgan fingerprint density at radius 2 is 2.00 bits per heavy atom. The number of hydrogen-bond donors (Lipinski definition) is 2. The Balaban J connectivity index is 2.42. The first-order valence-electron chi connectivity index (χ1n) is 7.71. The van der Waals surface area contributed by atoms with Gasteiger partial charge in [0.15, 0.2) is 0 Å². The summed E-state index contributed by atoms with van der Waals surface area (Å²) in [6, 6.07) is 0.464. The van der Waals surface area contributed by atoms with E-state index in [4.69, 9.17) is 0 Å². The van der Waals surface area contributed by atoms with Crippen molar-refractivity contribution in [3.8, 4) is 0 Å². The van der Waals surface area contributed by atoms with Gasteiger partial charge in [0.1, 0.15) is 4.90 Å². The highest BCUT2D eigenvalue weighted by Crippen LogP contribution is 2.07. The lowest BCUT2D eigenvalue weighted by Crippen LogP contribution is -2.25. The third-order valence-electron chi connectivity index (χ3n) is 3.11. The number of aryl methyl sites for hydroxylation is 1. The summed E-state index contributed by atoms with van der Waals surface area (Å²) in [4.78, 5) is 0.246. The molecule has 1 rings (SSSR count). The maximum Gasteiger partial charge on any atom is 0.243 e. The highest BCUT2D eigenvalue weighted by Gasteiger charge is 2.15. The monoisotopic (exact) mass is 316 g/mol. The molecule has 0 aliphatic carbocycles. The van der Waals surface area contributed by atoms with Gasteiger partial charge in [0.25, 0.3) is 0 Å². The Morgan fingerprint density at radius 3 is 2.67 bits per heavy atom. The summed E-state index contributed by atoms with van der Waals surface area (Å²) in [5.74, 6) is 0. The second-order valence-corrected chi connectivity index (χ2v) is 7.27. The van der Waals surface area contributed by atoms with Gasteiger partial charge >= 0.3 is 0 Å². The van der Waals surface area contributed by atoms with E-state index in [1.807, 2.05) is 0 Å². The molecule has 7 heteroatoms. The van der Waals surface area contributed by atoms with E-state index in [9.17, 15) is 8.42 Å². The van der Waals surface area contributed by atoms with Crippen molar-refractivity contribution in [1.82, 2.24) is 19.8 Å². The van der Waals surface area contributed by atoms with Crippen molar-refractivity contribution in [2.45, 2.75) is 63.9 Å². The second-order valence-electron chi connectivity index (χ2n) is 5.51. The van der Waals surface area contributed by atoms with Crippen LogP contribution in [0, 0.1) is 0 Å². The van der Waals surface area contributed by atoms with E-state index in [0.717, 1.165) is 32.2 Å². The van der Waals surface area contributed by atoms with Gasteiger partial charge in [0.05, 0.1) is 6.20 Å². The van der Waals surface area contributed by atoms with Crippen molar-refractivity contribution in [2.24, 2.45) is 0 Å². The predicted molar refractivity (Wildman–Crippen MR) is 84.7 cm³/mol. The first kappa shape index (κ1) is 18.1. The third kappa shape index (κ3) is 7.06. The maximum atomic E-state index is 12.1. The van der Waals surface area contributed by atoms with Gasteiger partial charge in [0.2, 0.25) is 10.0 Å². The summed E-state index contributed by atoms with van der Waals surface area (Å²) in [5, 5.41) is 7.43. The van der Waals surface area contributed by atoms with Gasteiger partial charge in [-0.15, -0.1) is 0 Å². The molecule has 0 fully saturated rings. The number of sulfonamides is 1. The molecule has 0 spiro atoms. The molecule has 0 saturated heterocycles. The molecule has 0 unspecified atom stereocenters.